The van der Waals surface area contributed by atoms with Gasteiger partial charge in [0.25, 0.3) is 5.56 Å². The van der Waals surface area contributed by atoms with Crippen molar-refractivity contribution < 1.29 is 0 Å². The van der Waals surface area contributed by atoms with Crippen LogP contribution in [0.15, 0.2) is 9.59 Å². The highest BCUT2D eigenvalue weighted by atomic mass is 16.2. The SMILES string of the molecule is CCn1c(=O)[nH]c(=O)c2c1nc(CNC)n2C. The standard InChI is InChI=1S/C10H15N5O2/c1-4-15-8-7(9(16)13-10(15)17)14(3)6(12-8)5-11-2/h11H,4-5H2,1-3H3,(H,13,16,17). The van der Waals surface area contributed by atoms with Crippen LogP contribution in [0.5, 0.6) is 0 Å². The van der Waals surface area contributed by atoms with E-state index in [1.807, 2.05) is 6.92 Å². The van der Waals surface area contributed by atoms with E-state index in [1.165, 1.54) is 4.57 Å². The fourth-order valence-electron chi connectivity index (χ4n) is 1.90. The lowest BCUT2D eigenvalue weighted by Crippen LogP contribution is -2.30. The monoisotopic (exact) mass is 237 g/mol. The minimum absolute atomic E-state index is 0.396. The lowest BCUT2D eigenvalue weighted by Gasteiger charge is -2.01. The normalized spacial score (nSPS) is 11.2. The topological polar surface area (TPSA) is 84.7 Å². The Morgan fingerprint density at radius 3 is 2.71 bits per heavy atom. The fraction of sp³-hybridized carbons (Fsp3) is 0.500. The number of aryl methyl sites for hydroxylation is 2. The summed E-state index contributed by atoms with van der Waals surface area (Å²) in [6.07, 6.45) is 0. The lowest BCUT2D eigenvalue weighted by atomic mass is 10.5. The molecule has 0 amide bonds. The van der Waals surface area contributed by atoms with Crippen molar-refractivity contribution in [2.45, 2.75) is 20.0 Å². The number of imidazole rings is 1. The first-order valence-electron chi connectivity index (χ1n) is 5.43. The first-order valence-corrected chi connectivity index (χ1v) is 5.43. The van der Waals surface area contributed by atoms with E-state index in [4.69, 9.17) is 0 Å². The van der Waals surface area contributed by atoms with E-state index in [-0.39, 0.29) is 0 Å². The maximum Gasteiger partial charge on any atom is 0.330 e. The number of aromatic amines is 1. The Bertz CT molecular complexity index is 664. The zero-order chi connectivity index (χ0) is 12.6. The van der Waals surface area contributed by atoms with Crippen LogP contribution in [-0.2, 0) is 20.1 Å². The van der Waals surface area contributed by atoms with Crippen LogP contribution in [0.3, 0.4) is 0 Å². The molecule has 0 saturated carbocycles. The molecule has 2 rings (SSSR count). The summed E-state index contributed by atoms with van der Waals surface area (Å²) in [4.78, 5) is 30.0. The molecule has 7 nitrogen and oxygen atoms in total. The van der Waals surface area contributed by atoms with Crippen molar-refractivity contribution in [2.24, 2.45) is 7.05 Å². The van der Waals surface area contributed by atoms with Crippen LogP contribution in [-0.4, -0.2) is 26.1 Å². The van der Waals surface area contributed by atoms with E-state index in [9.17, 15) is 9.59 Å². The fourth-order valence-corrected chi connectivity index (χ4v) is 1.90. The van der Waals surface area contributed by atoms with Gasteiger partial charge in [0.2, 0.25) is 0 Å². The van der Waals surface area contributed by atoms with Crippen molar-refractivity contribution in [2.75, 3.05) is 7.05 Å². The zero-order valence-corrected chi connectivity index (χ0v) is 10.1. The molecule has 0 fully saturated rings. The van der Waals surface area contributed by atoms with E-state index >= 15 is 0 Å². The third-order valence-corrected chi connectivity index (χ3v) is 2.76. The molecule has 7 heteroatoms. The van der Waals surface area contributed by atoms with Gasteiger partial charge in [-0.1, -0.05) is 0 Å². The number of hydrogen-bond acceptors (Lipinski definition) is 4. The number of nitrogens with one attached hydrogen (secondary N) is 2. The van der Waals surface area contributed by atoms with Crippen LogP contribution in [0.2, 0.25) is 0 Å². The van der Waals surface area contributed by atoms with Gasteiger partial charge >= 0.3 is 5.69 Å². The Balaban J connectivity index is 2.89. The minimum atomic E-state index is -0.417. The predicted octanol–water partition coefficient (Wildman–Crippen LogP) is -0.837. The number of hydrogen-bond donors (Lipinski definition) is 2. The molecule has 0 atom stereocenters. The molecule has 0 aliphatic heterocycles. The minimum Gasteiger partial charge on any atom is -0.324 e. The van der Waals surface area contributed by atoms with Gasteiger partial charge in [0.05, 0.1) is 6.54 Å². The molecule has 92 valence electrons. The highest BCUT2D eigenvalue weighted by Crippen LogP contribution is 2.08. The largest absolute Gasteiger partial charge is 0.330 e. The number of fused-ring (bicyclic) bond motifs is 1. The van der Waals surface area contributed by atoms with Crippen LogP contribution in [0, 0.1) is 0 Å². The van der Waals surface area contributed by atoms with Crippen molar-refractivity contribution in [1.82, 2.24) is 24.4 Å². The summed E-state index contributed by atoms with van der Waals surface area (Å²) < 4.78 is 3.16. The molecule has 2 heterocycles. The average molecular weight is 237 g/mol. The second kappa shape index (κ2) is 4.17. The van der Waals surface area contributed by atoms with Crippen molar-refractivity contribution in [1.29, 1.82) is 0 Å². The number of aromatic nitrogens is 4. The Labute approximate surface area is 97.1 Å². The Hall–Kier alpha value is -1.89. The van der Waals surface area contributed by atoms with Crippen molar-refractivity contribution >= 4 is 11.2 Å². The van der Waals surface area contributed by atoms with Gasteiger partial charge < -0.3 is 9.88 Å². The molecular weight excluding hydrogens is 222 g/mol. The molecule has 0 spiro atoms. The van der Waals surface area contributed by atoms with Gasteiger partial charge in [0.1, 0.15) is 5.82 Å². The van der Waals surface area contributed by atoms with Crippen molar-refractivity contribution in [3.63, 3.8) is 0 Å². The predicted molar refractivity (Wildman–Crippen MR) is 64.0 cm³/mol. The maximum absolute atomic E-state index is 11.8. The number of rotatable bonds is 3. The molecule has 0 saturated heterocycles. The van der Waals surface area contributed by atoms with E-state index in [0.717, 1.165) is 5.82 Å². The van der Waals surface area contributed by atoms with Gasteiger partial charge in [0, 0.05) is 13.6 Å². The summed E-state index contributed by atoms with van der Waals surface area (Å²) in [7, 11) is 3.57. The van der Waals surface area contributed by atoms with Gasteiger partial charge in [-0.25, -0.2) is 9.78 Å². The van der Waals surface area contributed by atoms with Gasteiger partial charge in [-0.2, -0.15) is 0 Å². The van der Waals surface area contributed by atoms with E-state index in [1.54, 1.807) is 18.7 Å². The van der Waals surface area contributed by atoms with Crippen LogP contribution < -0.4 is 16.6 Å². The first kappa shape index (κ1) is 11.6. The van der Waals surface area contributed by atoms with Crippen LogP contribution in [0.25, 0.3) is 11.2 Å². The molecule has 0 radical (unpaired) electrons. The van der Waals surface area contributed by atoms with Gasteiger partial charge in [-0.05, 0) is 14.0 Å². The molecule has 17 heavy (non-hydrogen) atoms. The summed E-state index contributed by atoms with van der Waals surface area (Å²) in [5.41, 5.74) is 0.0526. The molecule has 0 bridgehead atoms. The van der Waals surface area contributed by atoms with Gasteiger partial charge in [-0.3, -0.25) is 14.3 Å². The smallest absolute Gasteiger partial charge is 0.324 e. The third-order valence-electron chi connectivity index (χ3n) is 2.76. The molecule has 0 aromatic carbocycles. The van der Waals surface area contributed by atoms with E-state index in [0.29, 0.717) is 24.3 Å². The zero-order valence-electron chi connectivity index (χ0n) is 10.1. The highest BCUT2D eigenvalue weighted by molar-refractivity contribution is 5.70. The number of H-pyrrole nitrogens is 1. The molecule has 2 aromatic rings. The second-order valence-electron chi connectivity index (χ2n) is 3.79. The van der Waals surface area contributed by atoms with E-state index in [2.05, 4.69) is 15.3 Å². The molecule has 0 aliphatic rings. The lowest BCUT2D eigenvalue weighted by molar-refractivity contribution is 0.711. The van der Waals surface area contributed by atoms with E-state index < -0.39 is 11.2 Å². The second-order valence-corrected chi connectivity index (χ2v) is 3.79. The molecule has 0 aliphatic carbocycles. The molecule has 0 unspecified atom stereocenters. The van der Waals surface area contributed by atoms with Crippen molar-refractivity contribution in [3.05, 3.63) is 26.7 Å². The Morgan fingerprint density at radius 1 is 1.41 bits per heavy atom. The summed E-state index contributed by atoms with van der Waals surface area (Å²) in [5.74, 6) is 0.723. The quantitative estimate of drug-likeness (QED) is 0.729. The van der Waals surface area contributed by atoms with Crippen LogP contribution >= 0.6 is 0 Å². The summed E-state index contributed by atoms with van der Waals surface area (Å²) in [6, 6.07) is 0. The maximum atomic E-state index is 11.8. The average Bonchev–Trinajstić information content (AvgIpc) is 2.58. The molecule has 2 aromatic heterocycles. The Morgan fingerprint density at radius 2 is 2.12 bits per heavy atom. The highest BCUT2D eigenvalue weighted by Gasteiger charge is 2.14. The molecular formula is C10H15N5O2. The summed E-state index contributed by atoms with van der Waals surface area (Å²) in [6.45, 7) is 2.86. The van der Waals surface area contributed by atoms with Crippen molar-refractivity contribution in [3.8, 4) is 0 Å². The van der Waals surface area contributed by atoms with Crippen LogP contribution in [0.1, 0.15) is 12.7 Å². The summed E-state index contributed by atoms with van der Waals surface area (Å²) in [5, 5.41) is 2.97. The number of nitrogens with zero attached hydrogens (tertiary/aromatic N) is 3. The van der Waals surface area contributed by atoms with Gasteiger partial charge in [-0.15, -0.1) is 0 Å². The van der Waals surface area contributed by atoms with Gasteiger partial charge in [0.15, 0.2) is 11.2 Å². The summed E-state index contributed by atoms with van der Waals surface area (Å²) >= 11 is 0. The Kier molecular flexibility index (Phi) is 2.84. The first-order chi connectivity index (χ1) is 8.10. The third kappa shape index (κ3) is 1.68. The van der Waals surface area contributed by atoms with Crippen LogP contribution in [0.4, 0.5) is 0 Å². The molecule has 2 N–H and O–H groups in total.